The van der Waals surface area contributed by atoms with Crippen molar-refractivity contribution in [3.8, 4) is 5.75 Å². The zero-order valence-electron chi connectivity index (χ0n) is 19.4. The summed E-state index contributed by atoms with van der Waals surface area (Å²) in [6.07, 6.45) is 0. The third-order valence-electron chi connectivity index (χ3n) is 4.85. The summed E-state index contributed by atoms with van der Waals surface area (Å²) in [4.78, 5) is 14.8. The van der Waals surface area contributed by atoms with Crippen LogP contribution in [-0.2, 0) is 13.1 Å². The molecule has 0 fully saturated rings. The van der Waals surface area contributed by atoms with Crippen LogP contribution in [0, 0.1) is 12.8 Å². The first-order chi connectivity index (χ1) is 15.2. The SMILES string of the molecule is Cc1cc(NC(=O)c2ccc(CN(C)C)cc2)nn1Cc1cc(Cl)ccc1OCC(C)C. The summed E-state index contributed by atoms with van der Waals surface area (Å²) >= 11 is 6.22. The molecular formula is C25H31ClN4O2. The first-order valence-electron chi connectivity index (χ1n) is 10.7. The van der Waals surface area contributed by atoms with Crippen molar-refractivity contribution in [2.24, 2.45) is 5.92 Å². The second-order valence-electron chi connectivity index (χ2n) is 8.67. The van der Waals surface area contributed by atoms with Gasteiger partial charge in [0.15, 0.2) is 5.82 Å². The summed E-state index contributed by atoms with van der Waals surface area (Å²) in [6, 6.07) is 15.1. The smallest absolute Gasteiger partial charge is 0.256 e. The number of hydrogen-bond donors (Lipinski definition) is 1. The van der Waals surface area contributed by atoms with E-state index in [1.54, 1.807) is 0 Å². The van der Waals surface area contributed by atoms with E-state index >= 15 is 0 Å². The highest BCUT2D eigenvalue weighted by atomic mass is 35.5. The Morgan fingerprint density at radius 2 is 1.88 bits per heavy atom. The summed E-state index contributed by atoms with van der Waals surface area (Å²) in [5.74, 6) is 1.54. The zero-order chi connectivity index (χ0) is 23.3. The van der Waals surface area contributed by atoms with Crippen LogP contribution in [0.3, 0.4) is 0 Å². The number of nitrogens with zero attached hydrogens (tertiary/aromatic N) is 3. The largest absolute Gasteiger partial charge is 0.493 e. The molecule has 1 N–H and O–H groups in total. The lowest BCUT2D eigenvalue weighted by Crippen LogP contribution is -2.14. The fraction of sp³-hybridized carbons (Fsp3) is 0.360. The lowest BCUT2D eigenvalue weighted by Gasteiger charge is -2.14. The molecule has 170 valence electrons. The molecular weight excluding hydrogens is 424 g/mol. The maximum atomic E-state index is 12.7. The van der Waals surface area contributed by atoms with Crippen LogP contribution >= 0.6 is 11.6 Å². The van der Waals surface area contributed by atoms with E-state index in [0.29, 0.717) is 35.5 Å². The molecule has 0 unspecified atom stereocenters. The Hall–Kier alpha value is -2.83. The van der Waals surface area contributed by atoms with Gasteiger partial charge >= 0.3 is 0 Å². The molecule has 0 aliphatic heterocycles. The maximum absolute atomic E-state index is 12.7. The molecule has 3 aromatic rings. The van der Waals surface area contributed by atoms with Crippen LogP contribution in [0.5, 0.6) is 5.75 Å². The van der Waals surface area contributed by atoms with Gasteiger partial charge in [-0.3, -0.25) is 9.48 Å². The molecule has 0 radical (unpaired) electrons. The Kier molecular flexibility index (Phi) is 7.94. The molecule has 0 saturated carbocycles. The molecule has 1 heterocycles. The first kappa shape index (κ1) is 23.8. The van der Waals surface area contributed by atoms with E-state index in [2.05, 4.69) is 29.2 Å². The Morgan fingerprint density at radius 3 is 2.53 bits per heavy atom. The van der Waals surface area contributed by atoms with Crippen molar-refractivity contribution in [2.45, 2.75) is 33.9 Å². The van der Waals surface area contributed by atoms with Crippen molar-refractivity contribution in [3.63, 3.8) is 0 Å². The van der Waals surface area contributed by atoms with Gasteiger partial charge in [-0.25, -0.2) is 0 Å². The molecule has 3 rings (SSSR count). The minimum atomic E-state index is -0.185. The van der Waals surface area contributed by atoms with Gasteiger partial charge in [-0.15, -0.1) is 0 Å². The molecule has 32 heavy (non-hydrogen) atoms. The molecule has 7 heteroatoms. The van der Waals surface area contributed by atoms with Crippen molar-refractivity contribution in [3.05, 3.63) is 75.9 Å². The second-order valence-corrected chi connectivity index (χ2v) is 9.11. The number of ether oxygens (including phenoxy) is 1. The molecule has 1 aromatic heterocycles. The minimum absolute atomic E-state index is 0.185. The van der Waals surface area contributed by atoms with Crippen LogP contribution in [-0.4, -0.2) is 41.3 Å². The predicted octanol–water partition coefficient (Wildman–Crippen LogP) is 5.24. The van der Waals surface area contributed by atoms with E-state index in [-0.39, 0.29) is 5.91 Å². The normalized spacial score (nSPS) is 11.2. The van der Waals surface area contributed by atoms with Crippen molar-refractivity contribution in [1.82, 2.24) is 14.7 Å². The van der Waals surface area contributed by atoms with Crippen molar-refractivity contribution < 1.29 is 9.53 Å². The van der Waals surface area contributed by atoms with Crippen molar-refractivity contribution in [1.29, 1.82) is 0 Å². The van der Waals surface area contributed by atoms with Crippen LogP contribution in [0.2, 0.25) is 5.02 Å². The van der Waals surface area contributed by atoms with Crippen LogP contribution < -0.4 is 10.1 Å². The summed E-state index contributed by atoms with van der Waals surface area (Å²) in [5, 5.41) is 8.11. The van der Waals surface area contributed by atoms with Crippen LogP contribution in [0.25, 0.3) is 0 Å². The summed E-state index contributed by atoms with van der Waals surface area (Å²) in [6.45, 7) is 8.13. The number of hydrogen-bond acceptors (Lipinski definition) is 4. The van der Waals surface area contributed by atoms with E-state index in [1.165, 1.54) is 0 Å². The van der Waals surface area contributed by atoms with E-state index < -0.39 is 0 Å². The number of aryl methyl sites for hydroxylation is 1. The number of rotatable bonds is 9. The maximum Gasteiger partial charge on any atom is 0.256 e. The number of amides is 1. The van der Waals surface area contributed by atoms with E-state index in [0.717, 1.165) is 29.1 Å². The zero-order valence-corrected chi connectivity index (χ0v) is 20.1. The van der Waals surface area contributed by atoms with Gasteiger partial charge in [0.05, 0.1) is 13.2 Å². The Morgan fingerprint density at radius 1 is 1.16 bits per heavy atom. The van der Waals surface area contributed by atoms with E-state index in [4.69, 9.17) is 16.3 Å². The molecule has 0 bridgehead atoms. The highest BCUT2D eigenvalue weighted by molar-refractivity contribution is 6.30. The predicted molar refractivity (Wildman–Crippen MR) is 130 cm³/mol. The average molecular weight is 455 g/mol. The van der Waals surface area contributed by atoms with E-state index in [9.17, 15) is 4.79 Å². The molecule has 2 aromatic carbocycles. The van der Waals surface area contributed by atoms with Gasteiger partial charge in [0.1, 0.15) is 5.75 Å². The topological polar surface area (TPSA) is 59.4 Å². The molecule has 6 nitrogen and oxygen atoms in total. The number of anilines is 1. The van der Waals surface area contributed by atoms with Gasteiger partial charge in [0.2, 0.25) is 0 Å². The van der Waals surface area contributed by atoms with Crippen LogP contribution in [0.4, 0.5) is 5.82 Å². The summed E-state index contributed by atoms with van der Waals surface area (Å²) in [7, 11) is 4.03. The minimum Gasteiger partial charge on any atom is -0.493 e. The lowest BCUT2D eigenvalue weighted by molar-refractivity contribution is 0.102. The second kappa shape index (κ2) is 10.7. The van der Waals surface area contributed by atoms with Crippen molar-refractivity contribution >= 4 is 23.3 Å². The number of carbonyl (C=O) groups excluding carboxylic acids is 1. The highest BCUT2D eigenvalue weighted by Gasteiger charge is 2.13. The fourth-order valence-corrected chi connectivity index (χ4v) is 3.47. The average Bonchev–Trinajstić information content (AvgIpc) is 3.06. The first-order valence-corrected chi connectivity index (χ1v) is 11.1. The lowest BCUT2D eigenvalue weighted by atomic mass is 10.1. The number of nitrogens with one attached hydrogen (secondary N) is 1. The van der Waals surface area contributed by atoms with Crippen LogP contribution in [0.15, 0.2) is 48.5 Å². The molecule has 0 aliphatic rings. The molecule has 0 atom stereocenters. The summed E-state index contributed by atoms with van der Waals surface area (Å²) in [5.41, 5.74) is 3.62. The van der Waals surface area contributed by atoms with Crippen molar-refractivity contribution in [2.75, 3.05) is 26.0 Å². The van der Waals surface area contributed by atoms with Gasteiger partial charge in [-0.05, 0) is 62.8 Å². The van der Waals surface area contributed by atoms with Gasteiger partial charge in [0, 0.05) is 34.5 Å². The number of aromatic nitrogens is 2. The quantitative estimate of drug-likeness (QED) is 0.480. The molecule has 0 aliphatic carbocycles. The van der Waals surface area contributed by atoms with Gasteiger partial charge < -0.3 is 15.0 Å². The number of carbonyl (C=O) groups is 1. The highest BCUT2D eigenvalue weighted by Crippen LogP contribution is 2.25. The molecule has 1 amide bonds. The Balaban J connectivity index is 1.71. The summed E-state index contributed by atoms with van der Waals surface area (Å²) < 4.78 is 7.79. The third kappa shape index (κ3) is 6.58. The number of benzene rings is 2. The van der Waals surface area contributed by atoms with Gasteiger partial charge in [-0.2, -0.15) is 5.10 Å². The molecule has 0 saturated heterocycles. The Bertz CT molecular complexity index is 1060. The van der Waals surface area contributed by atoms with Crippen LogP contribution in [0.1, 0.15) is 41.0 Å². The van der Waals surface area contributed by atoms with Gasteiger partial charge in [0.25, 0.3) is 5.91 Å². The number of halogens is 1. The molecule has 0 spiro atoms. The van der Waals surface area contributed by atoms with Gasteiger partial charge in [-0.1, -0.05) is 37.6 Å². The third-order valence-corrected chi connectivity index (χ3v) is 5.09. The monoisotopic (exact) mass is 454 g/mol. The standard InChI is InChI=1S/C25H31ClN4O2/c1-17(2)16-32-23-11-10-22(26)13-21(23)15-30-18(3)12-24(28-30)27-25(31)20-8-6-19(7-9-20)14-29(4)5/h6-13,17H,14-16H2,1-5H3,(H,27,28,31). The Labute approximate surface area is 195 Å². The van der Waals surface area contributed by atoms with E-state index in [1.807, 2.05) is 74.2 Å². The fourth-order valence-electron chi connectivity index (χ4n) is 3.28.